The van der Waals surface area contributed by atoms with Crippen molar-refractivity contribution in [1.29, 1.82) is 0 Å². The first-order chi connectivity index (χ1) is 14.1. The highest BCUT2D eigenvalue weighted by molar-refractivity contribution is 7.20. The molecular weight excluding hydrogens is 384 g/mol. The lowest BCUT2D eigenvalue weighted by Crippen LogP contribution is -2.25. The van der Waals surface area contributed by atoms with E-state index in [1.807, 2.05) is 19.1 Å². The Morgan fingerprint density at radius 2 is 2.24 bits per heavy atom. The number of aromatic nitrogens is 2. The Kier molecular flexibility index (Phi) is 4.62. The van der Waals surface area contributed by atoms with E-state index in [-0.39, 0.29) is 5.91 Å². The maximum Gasteiger partial charge on any atom is 0.264 e. The third-order valence-corrected chi connectivity index (χ3v) is 7.38. The number of fused-ring (bicyclic) bond motifs is 3. The van der Waals surface area contributed by atoms with Crippen molar-refractivity contribution >= 4 is 33.3 Å². The highest BCUT2D eigenvalue weighted by Crippen LogP contribution is 2.43. The van der Waals surface area contributed by atoms with E-state index in [2.05, 4.69) is 27.4 Å². The molecule has 2 bridgehead atoms. The predicted octanol–water partition coefficient (Wildman–Crippen LogP) is 4.49. The number of amides is 1. The number of aryl methyl sites for hydroxylation is 1. The lowest BCUT2D eigenvalue weighted by molar-refractivity contribution is 0.0779. The summed E-state index contributed by atoms with van der Waals surface area (Å²) in [6.45, 7) is 3.34. The van der Waals surface area contributed by atoms with Crippen LogP contribution in [-0.2, 0) is 6.54 Å². The van der Waals surface area contributed by atoms with E-state index in [0.717, 1.165) is 39.8 Å². The van der Waals surface area contributed by atoms with Gasteiger partial charge in [0, 0.05) is 13.6 Å². The van der Waals surface area contributed by atoms with Crippen LogP contribution in [0.3, 0.4) is 0 Å². The first-order valence-corrected chi connectivity index (χ1v) is 10.9. The summed E-state index contributed by atoms with van der Waals surface area (Å²) in [5, 5.41) is 4.52. The molecular formula is C22H24N4O2S. The van der Waals surface area contributed by atoms with Gasteiger partial charge in [0.1, 0.15) is 22.7 Å². The smallest absolute Gasteiger partial charge is 0.264 e. The number of nitrogens with one attached hydrogen (secondary N) is 1. The molecule has 6 nitrogen and oxygen atoms in total. The molecule has 1 saturated carbocycles. The molecule has 2 aliphatic rings. The van der Waals surface area contributed by atoms with E-state index >= 15 is 0 Å². The van der Waals surface area contributed by atoms with Gasteiger partial charge in [-0.3, -0.25) is 4.79 Å². The maximum atomic E-state index is 13.0. The second-order valence-corrected chi connectivity index (χ2v) is 9.12. The van der Waals surface area contributed by atoms with Crippen molar-refractivity contribution in [2.75, 3.05) is 18.9 Å². The molecule has 5 rings (SSSR count). The summed E-state index contributed by atoms with van der Waals surface area (Å²) in [5.74, 6) is 3.69. The zero-order valence-electron chi connectivity index (χ0n) is 16.6. The molecule has 0 unspecified atom stereocenters. The molecule has 3 aromatic heterocycles. The van der Waals surface area contributed by atoms with Crippen molar-refractivity contribution in [3.05, 3.63) is 53.1 Å². The van der Waals surface area contributed by atoms with Crippen molar-refractivity contribution in [1.82, 2.24) is 14.9 Å². The summed E-state index contributed by atoms with van der Waals surface area (Å²) in [5.41, 5.74) is 0.942. The molecule has 0 saturated heterocycles. The SMILES string of the molecule is Cc1c(C(=O)N(C)Cc2ccco2)sc2ncnc(NC[C@H]3C[C@@H]4C=C[C@H]3C4)c12. The van der Waals surface area contributed by atoms with Gasteiger partial charge in [-0.15, -0.1) is 11.3 Å². The van der Waals surface area contributed by atoms with Gasteiger partial charge in [0.2, 0.25) is 0 Å². The maximum absolute atomic E-state index is 13.0. The fourth-order valence-corrected chi connectivity index (χ4v) is 5.79. The number of anilines is 1. The van der Waals surface area contributed by atoms with E-state index in [0.29, 0.717) is 23.3 Å². The molecule has 0 spiro atoms. The highest BCUT2D eigenvalue weighted by Gasteiger charge is 2.35. The molecule has 3 aromatic rings. The fourth-order valence-electron chi connectivity index (χ4n) is 4.65. The fraction of sp³-hybridized carbons (Fsp3) is 0.409. The van der Waals surface area contributed by atoms with Crippen molar-refractivity contribution in [3.63, 3.8) is 0 Å². The molecule has 2 aliphatic carbocycles. The molecule has 29 heavy (non-hydrogen) atoms. The second kappa shape index (κ2) is 7.30. The predicted molar refractivity (Wildman–Crippen MR) is 114 cm³/mol. The molecule has 7 heteroatoms. The van der Waals surface area contributed by atoms with Crippen molar-refractivity contribution in [3.8, 4) is 0 Å². The lowest BCUT2D eigenvalue weighted by Gasteiger charge is -2.19. The van der Waals surface area contributed by atoms with Gasteiger partial charge >= 0.3 is 0 Å². The Balaban J connectivity index is 1.37. The van der Waals surface area contributed by atoms with Gasteiger partial charge in [0.15, 0.2) is 0 Å². The molecule has 0 aliphatic heterocycles. The number of furan rings is 1. The van der Waals surface area contributed by atoms with Crippen LogP contribution >= 0.6 is 11.3 Å². The molecule has 1 amide bonds. The monoisotopic (exact) mass is 408 g/mol. The summed E-state index contributed by atoms with van der Waals surface area (Å²) < 4.78 is 5.37. The Morgan fingerprint density at radius 3 is 2.97 bits per heavy atom. The second-order valence-electron chi connectivity index (χ2n) is 8.12. The van der Waals surface area contributed by atoms with E-state index in [4.69, 9.17) is 4.42 Å². The average Bonchev–Trinajstić information content (AvgIpc) is 3.51. The number of thiophene rings is 1. The summed E-state index contributed by atoms with van der Waals surface area (Å²) >= 11 is 1.43. The minimum Gasteiger partial charge on any atom is -0.467 e. The first-order valence-electron chi connectivity index (χ1n) is 10.0. The van der Waals surface area contributed by atoms with Crippen LogP contribution in [-0.4, -0.2) is 34.4 Å². The minimum atomic E-state index is -0.0221. The summed E-state index contributed by atoms with van der Waals surface area (Å²) in [6, 6.07) is 3.71. The Morgan fingerprint density at radius 1 is 1.34 bits per heavy atom. The number of nitrogens with zero attached hydrogens (tertiary/aromatic N) is 3. The number of carbonyl (C=O) groups is 1. The highest BCUT2D eigenvalue weighted by atomic mass is 32.1. The molecule has 3 heterocycles. The van der Waals surface area contributed by atoms with Gasteiger partial charge in [-0.1, -0.05) is 12.2 Å². The minimum absolute atomic E-state index is 0.0221. The van der Waals surface area contributed by atoms with Crippen LogP contribution in [0.5, 0.6) is 0 Å². The standard InChI is InChI=1S/C22H24N4O2S/c1-13-18-20(23-10-16-9-14-5-6-15(16)8-14)24-12-25-21(18)29-19(13)22(27)26(2)11-17-4-3-7-28-17/h3-7,12,14-16H,8-11H2,1-2H3,(H,23,24,25)/t14-,15+,16-/m1/s1. The van der Waals surface area contributed by atoms with Gasteiger partial charge < -0.3 is 14.6 Å². The van der Waals surface area contributed by atoms with Crippen LogP contribution in [0.2, 0.25) is 0 Å². The molecule has 0 radical (unpaired) electrons. The van der Waals surface area contributed by atoms with Crippen LogP contribution in [0.4, 0.5) is 5.82 Å². The summed E-state index contributed by atoms with van der Waals surface area (Å²) in [4.78, 5) is 25.2. The van der Waals surface area contributed by atoms with Gasteiger partial charge in [-0.2, -0.15) is 0 Å². The van der Waals surface area contributed by atoms with Crippen molar-refractivity contribution in [2.24, 2.45) is 17.8 Å². The van der Waals surface area contributed by atoms with Crippen LogP contribution < -0.4 is 5.32 Å². The molecule has 150 valence electrons. The van der Waals surface area contributed by atoms with E-state index in [9.17, 15) is 4.79 Å². The molecule has 0 aromatic carbocycles. The normalized spacial score (nSPS) is 22.5. The number of carbonyl (C=O) groups excluding carboxylic acids is 1. The number of hydrogen-bond donors (Lipinski definition) is 1. The number of allylic oxidation sites excluding steroid dienone is 2. The van der Waals surface area contributed by atoms with Crippen molar-refractivity contribution in [2.45, 2.75) is 26.3 Å². The summed E-state index contributed by atoms with van der Waals surface area (Å²) in [6.07, 6.45) is 10.5. The molecule has 1 fully saturated rings. The van der Waals surface area contributed by atoms with Gasteiger partial charge in [-0.25, -0.2) is 9.97 Å². The third kappa shape index (κ3) is 3.33. The zero-order valence-corrected chi connectivity index (χ0v) is 17.4. The van der Waals surface area contributed by atoms with Gasteiger partial charge in [0.25, 0.3) is 5.91 Å². The largest absolute Gasteiger partial charge is 0.467 e. The van der Waals surface area contributed by atoms with E-state index in [1.165, 1.54) is 24.2 Å². The van der Waals surface area contributed by atoms with Crippen LogP contribution in [0.15, 0.2) is 41.3 Å². The third-order valence-electron chi connectivity index (χ3n) is 6.19. The molecule has 3 atom stereocenters. The van der Waals surface area contributed by atoms with E-state index in [1.54, 1.807) is 24.5 Å². The Bertz CT molecular complexity index is 1070. The number of hydrogen-bond acceptors (Lipinski definition) is 6. The summed E-state index contributed by atoms with van der Waals surface area (Å²) in [7, 11) is 1.79. The van der Waals surface area contributed by atoms with Gasteiger partial charge in [-0.05, 0) is 55.2 Å². The van der Waals surface area contributed by atoms with Crippen molar-refractivity contribution < 1.29 is 9.21 Å². The lowest BCUT2D eigenvalue weighted by atomic mass is 9.93. The van der Waals surface area contributed by atoms with Gasteiger partial charge in [0.05, 0.1) is 23.1 Å². The van der Waals surface area contributed by atoms with Crippen LogP contribution in [0, 0.1) is 24.7 Å². The first kappa shape index (κ1) is 18.4. The average molecular weight is 409 g/mol. The quantitative estimate of drug-likeness (QED) is 0.609. The Labute approximate surface area is 173 Å². The van der Waals surface area contributed by atoms with Crippen LogP contribution in [0.1, 0.15) is 33.8 Å². The van der Waals surface area contributed by atoms with E-state index < -0.39 is 0 Å². The van der Waals surface area contributed by atoms with Crippen LogP contribution in [0.25, 0.3) is 10.2 Å². The zero-order chi connectivity index (χ0) is 20.0. The topological polar surface area (TPSA) is 71.3 Å². The molecule has 1 N–H and O–H groups in total. The number of rotatable bonds is 6. The Hall–Kier alpha value is -2.67.